The lowest BCUT2D eigenvalue weighted by molar-refractivity contribution is 0.0667. The molecule has 6 nitrogen and oxygen atoms in total. The van der Waals surface area contributed by atoms with Crippen molar-refractivity contribution < 1.29 is 18.7 Å². The third-order valence-corrected chi connectivity index (χ3v) is 3.95. The predicted octanol–water partition coefficient (Wildman–Crippen LogP) is 1.26. The number of aryl methyl sites for hydroxylation is 1. The van der Waals surface area contributed by atoms with Crippen LogP contribution in [0.1, 0.15) is 22.5 Å². The second-order valence-corrected chi connectivity index (χ2v) is 5.61. The number of carbonyl (C=O) groups is 1. The molecule has 122 valence electrons. The van der Waals surface area contributed by atoms with Gasteiger partial charge in [0.25, 0.3) is 5.91 Å². The second kappa shape index (κ2) is 6.04. The third kappa shape index (κ3) is 2.94. The number of carbonyl (C=O) groups excluding carboxylic acids is 1. The van der Waals surface area contributed by atoms with Crippen LogP contribution >= 0.6 is 0 Å². The van der Waals surface area contributed by atoms with Crippen molar-refractivity contribution in [2.24, 2.45) is 0 Å². The summed E-state index contributed by atoms with van der Waals surface area (Å²) >= 11 is 0. The standard InChI is InChI=1S/C15H16F2N4O2/c1-9-4-10(16)2-3-14(9)21-7-13(18-19-21)15(23)20-6-11(17)5-12(20)8-22/h2-4,7,11-12,22H,5-6,8H2,1H3/t11-,12-/m0/s1. The number of aromatic nitrogens is 3. The van der Waals surface area contributed by atoms with E-state index in [1.54, 1.807) is 6.92 Å². The van der Waals surface area contributed by atoms with Gasteiger partial charge in [0, 0.05) is 6.42 Å². The Kier molecular flexibility index (Phi) is 4.08. The summed E-state index contributed by atoms with van der Waals surface area (Å²) in [4.78, 5) is 13.7. The third-order valence-electron chi connectivity index (χ3n) is 3.95. The Morgan fingerprint density at radius 2 is 2.26 bits per heavy atom. The van der Waals surface area contributed by atoms with Crippen LogP contribution < -0.4 is 0 Å². The van der Waals surface area contributed by atoms with Gasteiger partial charge in [-0.15, -0.1) is 5.10 Å². The van der Waals surface area contributed by atoms with Gasteiger partial charge in [0.05, 0.1) is 31.1 Å². The van der Waals surface area contributed by atoms with Crippen molar-refractivity contribution in [3.63, 3.8) is 0 Å². The molecular weight excluding hydrogens is 306 g/mol. The molecule has 8 heteroatoms. The zero-order valence-corrected chi connectivity index (χ0v) is 12.5. The molecule has 2 aromatic rings. The van der Waals surface area contributed by atoms with E-state index in [1.807, 2.05) is 0 Å². The molecule has 0 bridgehead atoms. The Morgan fingerprint density at radius 1 is 1.48 bits per heavy atom. The lowest BCUT2D eigenvalue weighted by Gasteiger charge is -2.21. The fourth-order valence-electron chi connectivity index (χ4n) is 2.78. The Bertz CT molecular complexity index is 734. The SMILES string of the molecule is Cc1cc(F)ccc1-n1cc(C(=O)N2C[C@@H](F)C[C@H]2CO)nn1. The van der Waals surface area contributed by atoms with E-state index in [0.717, 1.165) is 0 Å². The normalized spacial score (nSPS) is 21.0. The number of alkyl halides is 1. The van der Waals surface area contributed by atoms with Crippen molar-refractivity contribution in [2.45, 2.75) is 25.6 Å². The lowest BCUT2D eigenvalue weighted by Crippen LogP contribution is -2.38. The van der Waals surface area contributed by atoms with E-state index in [4.69, 9.17) is 0 Å². The predicted molar refractivity (Wildman–Crippen MR) is 77.5 cm³/mol. The smallest absolute Gasteiger partial charge is 0.276 e. The number of benzene rings is 1. The highest BCUT2D eigenvalue weighted by Crippen LogP contribution is 2.22. The summed E-state index contributed by atoms with van der Waals surface area (Å²) in [6.45, 7) is 1.36. The molecule has 1 aromatic heterocycles. The molecule has 0 saturated carbocycles. The van der Waals surface area contributed by atoms with Crippen LogP contribution in [0.4, 0.5) is 8.78 Å². The van der Waals surface area contributed by atoms with Crippen molar-refractivity contribution in [1.82, 2.24) is 19.9 Å². The van der Waals surface area contributed by atoms with Crippen molar-refractivity contribution >= 4 is 5.91 Å². The monoisotopic (exact) mass is 322 g/mol. The fraction of sp³-hybridized carbons (Fsp3) is 0.400. The first kappa shape index (κ1) is 15.5. The summed E-state index contributed by atoms with van der Waals surface area (Å²) < 4.78 is 28.0. The van der Waals surface area contributed by atoms with Gasteiger partial charge in [-0.25, -0.2) is 13.5 Å². The topological polar surface area (TPSA) is 71.2 Å². The van der Waals surface area contributed by atoms with Crippen LogP contribution in [-0.4, -0.2) is 56.3 Å². The molecule has 3 rings (SSSR count). The number of amides is 1. The number of aliphatic hydroxyl groups excluding tert-OH is 1. The Balaban J connectivity index is 1.85. The number of hydrogen-bond donors (Lipinski definition) is 1. The molecule has 1 fully saturated rings. The minimum atomic E-state index is -1.15. The molecule has 1 N–H and O–H groups in total. The van der Waals surface area contributed by atoms with Crippen molar-refractivity contribution in [2.75, 3.05) is 13.2 Å². The summed E-state index contributed by atoms with van der Waals surface area (Å²) in [6, 6.07) is 3.64. The second-order valence-electron chi connectivity index (χ2n) is 5.61. The summed E-state index contributed by atoms with van der Waals surface area (Å²) in [5.74, 6) is -0.838. The van der Waals surface area contributed by atoms with Crippen LogP contribution in [0.5, 0.6) is 0 Å². The van der Waals surface area contributed by atoms with Crippen LogP contribution in [0.25, 0.3) is 5.69 Å². The average Bonchev–Trinajstić information content (AvgIpc) is 3.13. The molecule has 1 saturated heterocycles. The van der Waals surface area contributed by atoms with E-state index >= 15 is 0 Å². The highest BCUT2D eigenvalue weighted by Gasteiger charge is 2.36. The van der Waals surface area contributed by atoms with Gasteiger partial charge in [-0.2, -0.15) is 0 Å². The minimum absolute atomic E-state index is 0.0567. The van der Waals surface area contributed by atoms with Crippen molar-refractivity contribution in [3.05, 3.63) is 41.5 Å². The van der Waals surface area contributed by atoms with Gasteiger partial charge in [0.15, 0.2) is 5.69 Å². The summed E-state index contributed by atoms with van der Waals surface area (Å²) in [5, 5.41) is 17.0. The van der Waals surface area contributed by atoms with Gasteiger partial charge in [0.2, 0.25) is 0 Å². The Labute approximate surface area is 131 Å². The number of aliphatic hydroxyl groups is 1. The minimum Gasteiger partial charge on any atom is -0.394 e. The maximum absolute atomic E-state index is 13.5. The molecule has 1 amide bonds. The maximum Gasteiger partial charge on any atom is 0.276 e. The van der Waals surface area contributed by atoms with Gasteiger partial charge < -0.3 is 10.0 Å². The lowest BCUT2D eigenvalue weighted by atomic mass is 10.2. The molecule has 23 heavy (non-hydrogen) atoms. The van der Waals surface area contributed by atoms with Crippen LogP contribution in [0.15, 0.2) is 24.4 Å². The van der Waals surface area contributed by atoms with Crippen LogP contribution in [0.2, 0.25) is 0 Å². The molecule has 2 heterocycles. The first-order valence-electron chi connectivity index (χ1n) is 7.24. The van der Waals surface area contributed by atoms with E-state index < -0.39 is 18.1 Å². The molecule has 1 aliphatic heterocycles. The van der Waals surface area contributed by atoms with Crippen molar-refractivity contribution in [1.29, 1.82) is 0 Å². The van der Waals surface area contributed by atoms with E-state index in [2.05, 4.69) is 10.3 Å². The van der Waals surface area contributed by atoms with Gasteiger partial charge in [-0.3, -0.25) is 4.79 Å². The molecule has 0 spiro atoms. The first-order chi connectivity index (χ1) is 11.0. The quantitative estimate of drug-likeness (QED) is 0.923. The molecule has 0 unspecified atom stereocenters. The highest BCUT2D eigenvalue weighted by molar-refractivity contribution is 5.92. The first-order valence-corrected chi connectivity index (χ1v) is 7.24. The molecule has 0 aliphatic carbocycles. The van der Waals surface area contributed by atoms with E-state index in [1.165, 1.54) is 34.0 Å². The fourth-order valence-corrected chi connectivity index (χ4v) is 2.78. The number of nitrogens with zero attached hydrogens (tertiary/aromatic N) is 4. The van der Waals surface area contributed by atoms with E-state index in [9.17, 15) is 18.7 Å². The van der Waals surface area contributed by atoms with Crippen molar-refractivity contribution in [3.8, 4) is 5.69 Å². The summed E-state index contributed by atoms with van der Waals surface area (Å²) in [5.41, 5.74) is 1.30. The largest absolute Gasteiger partial charge is 0.394 e. The number of rotatable bonds is 3. The number of likely N-dealkylation sites (tertiary alicyclic amines) is 1. The van der Waals surface area contributed by atoms with Gasteiger partial charge in [-0.1, -0.05) is 5.21 Å². The summed E-state index contributed by atoms with van der Waals surface area (Å²) in [7, 11) is 0. The molecule has 1 aromatic carbocycles. The van der Waals surface area contributed by atoms with Gasteiger partial charge in [-0.05, 0) is 30.7 Å². The molecule has 2 atom stereocenters. The maximum atomic E-state index is 13.5. The van der Waals surface area contributed by atoms with Crippen LogP contribution in [-0.2, 0) is 0 Å². The van der Waals surface area contributed by atoms with Crippen LogP contribution in [0.3, 0.4) is 0 Å². The van der Waals surface area contributed by atoms with Gasteiger partial charge >= 0.3 is 0 Å². The molecular formula is C15H16F2N4O2. The van der Waals surface area contributed by atoms with Crippen LogP contribution in [0, 0.1) is 12.7 Å². The molecule has 0 radical (unpaired) electrons. The van der Waals surface area contributed by atoms with Gasteiger partial charge in [0.1, 0.15) is 12.0 Å². The van der Waals surface area contributed by atoms with E-state index in [-0.39, 0.29) is 31.1 Å². The number of hydrogen-bond acceptors (Lipinski definition) is 4. The molecule has 1 aliphatic rings. The Hall–Kier alpha value is -2.35. The zero-order valence-electron chi connectivity index (χ0n) is 12.5. The average molecular weight is 322 g/mol. The summed E-state index contributed by atoms with van der Waals surface area (Å²) in [6.07, 6.45) is 0.390. The number of halogens is 2. The highest BCUT2D eigenvalue weighted by atomic mass is 19.1. The zero-order chi connectivity index (χ0) is 16.6. The Morgan fingerprint density at radius 3 is 2.96 bits per heavy atom. The van der Waals surface area contributed by atoms with E-state index in [0.29, 0.717) is 11.3 Å².